The molecule has 0 unspecified atom stereocenters. The van der Waals surface area contributed by atoms with Crippen molar-refractivity contribution in [3.63, 3.8) is 0 Å². The third-order valence-corrected chi connectivity index (χ3v) is 5.78. The van der Waals surface area contributed by atoms with Crippen LogP contribution in [-0.2, 0) is 0 Å². The summed E-state index contributed by atoms with van der Waals surface area (Å²) in [4.78, 5) is 0.937. The summed E-state index contributed by atoms with van der Waals surface area (Å²) < 4.78 is 31.2. The first-order valence-electron chi connectivity index (χ1n) is 9.11. The van der Waals surface area contributed by atoms with Gasteiger partial charge in [0.05, 0.1) is 12.0 Å². The molecule has 0 saturated heterocycles. The van der Waals surface area contributed by atoms with Gasteiger partial charge in [-0.1, -0.05) is 26.0 Å². The lowest BCUT2D eigenvalue weighted by Gasteiger charge is -2.09. The van der Waals surface area contributed by atoms with Crippen molar-refractivity contribution in [1.29, 1.82) is 0 Å². The van der Waals surface area contributed by atoms with Crippen molar-refractivity contribution in [2.24, 2.45) is 0 Å². The molecule has 0 saturated carbocycles. The highest BCUT2D eigenvalue weighted by atomic mass is 127. The average Bonchev–Trinajstić information content (AvgIpc) is 3.13. The van der Waals surface area contributed by atoms with Gasteiger partial charge < -0.3 is 12.5 Å². The van der Waals surface area contributed by atoms with Gasteiger partial charge in [0.25, 0.3) is 0 Å². The first-order valence-corrected chi connectivity index (χ1v) is 10.8. The zero-order chi connectivity index (χ0) is 20.8. The Kier molecular flexibility index (Phi) is 7.33. The number of halogens is 2. The van der Waals surface area contributed by atoms with E-state index in [9.17, 15) is 4.39 Å². The van der Waals surface area contributed by atoms with Crippen LogP contribution in [0, 0.1) is 5.82 Å². The number of methoxy groups -OCH3 is 1. The molecule has 0 atom stereocenters. The van der Waals surface area contributed by atoms with E-state index in [1.165, 1.54) is 12.1 Å². The second-order valence-electron chi connectivity index (χ2n) is 5.78. The van der Waals surface area contributed by atoms with E-state index in [1.54, 1.807) is 30.6 Å². The van der Waals surface area contributed by atoms with Crippen LogP contribution >= 0.6 is 34.3 Å². The molecule has 0 aliphatic carbocycles. The lowest BCUT2D eigenvalue weighted by atomic mass is 10.1. The Morgan fingerprint density at radius 1 is 0.828 bits per heavy atom. The summed E-state index contributed by atoms with van der Waals surface area (Å²) in [5.41, 5.74) is 0.902. The summed E-state index contributed by atoms with van der Waals surface area (Å²) in [7, 11) is 1.64. The van der Waals surface area contributed by atoms with Crippen LogP contribution in [0.1, 0.15) is 13.8 Å². The molecule has 1 aromatic heterocycles. The number of hydrogen-bond donors (Lipinski definition) is 0. The van der Waals surface area contributed by atoms with Gasteiger partial charge in [-0.2, -0.15) is 0 Å². The fourth-order valence-electron chi connectivity index (χ4n) is 2.75. The number of thiophene rings is 1. The molecule has 1 heterocycles. The van der Waals surface area contributed by atoms with Crippen LogP contribution < -0.4 is 12.5 Å². The quantitative estimate of drug-likeness (QED) is 0.247. The number of fused-ring (bicyclic) bond motifs is 1. The highest BCUT2D eigenvalue weighted by Gasteiger charge is 2.17. The Morgan fingerprint density at radius 2 is 1.45 bits per heavy atom. The molecule has 0 bridgehead atoms. The van der Waals surface area contributed by atoms with Gasteiger partial charge in [-0.05, 0) is 60.2 Å². The standard InChI is InChI=1S/C21H14FIO3S.C2H6/c1-24-17-10-11-18-19(12-17)27-21(13-2-4-14(22)5-3-13)20(18)25-15-6-8-16(26-23)9-7-15;1-2/h2-12H,1H3;1-2H3. The highest BCUT2D eigenvalue weighted by Crippen LogP contribution is 2.47. The van der Waals surface area contributed by atoms with E-state index in [0.717, 1.165) is 37.8 Å². The summed E-state index contributed by atoms with van der Waals surface area (Å²) in [5, 5.41) is 0.981. The number of hydrogen-bond acceptors (Lipinski definition) is 4. The van der Waals surface area contributed by atoms with Crippen molar-refractivity contribution in [2.75, 3.05) is 7.11 Å². The molecule has 0 fully saturated rings. The zero-order valence-corrected chi connectivity index (χ0v) is 19.2. The predicted octanol–water partition coefficient (Wildman–Crippen LogP) is 8.26. The first-order chi connectivity index (χ1) is 14.2. The maximum absolute atomic E-state index is 13.4. The van der Waals surface area contributed by atoms with Gasteiger partial charge in [-0.25, -0.2) is 4.39 Å². The van der Waals surface area contributed by atoms with Crippen LogP contribution in [0.25, 0.3) is 20.5 Å². The second-order valence-corrected chi connectivity index (χ2v) is 7.27. The molecule has 0 aliphatic rings. The zero-order valence-electron chi connectivity index (χ0n) is 16.2. The van der Waals surface area contributed by atoms with Crippen molar-refractivity contribution in [3.8, 4) is 33.4 Å². The topological polar surface area (TPSA) is 27.7 Å². The molecule has 4 rings (SSSR count). The number of benzene rings is 3. The van der Waals surface area contributed by atoms with Gasteiger partial charge in [0.2, 0.25) is 0 Å². The Morgan fingerprint density at radius 3 is 2.07 bits per heavy atom. The molecule has 0 N–H and O–H groups in total. The molecular weight excluding hydrogens is 502 g/mol. The van der Waals surface area contributed by atoms with E-state index in [4.69, 9.17) is 12.5 Å². The average molecular weight is 522 g/mol. The van der Waals surface area contributed by atoms with Crippen molar-refractivity contribution < 1.29 is 16.9 Å². The predicted molar refractivity (Wildman–Crippen MR) is 126 cm³/mol. The van der Waals surface area contributed by atoms with Crippen molar-refractivity contribution in [2.45, 2.75) is 13.8 Å². The van der Waals surface area contributed by atoms with Crippen LogP contribution in [0.3, 0.4) is 0 Å². The van der Waals surface area contributed by atoms with E-state index in [1.807, 2.05) is 79.3 Å². The fraction of sp³-hybridized carbons (Fsp3) is 0.130. The van der Waals surface area contributed by atoms with Crippen molar-refractivity contribution in [3.05, 3.63) is 72.5 Å². The summed E-state index contributed by atoms with van der Waals surface area (Å²) in [5.74, 6) is 2.71. The van der Waals surface area contributed by atoms with Crippen molar-refractivity contribution in [1.82, 2.24) is 0 Å². The molecule has 29 heavy (non-hydrogen) atoms. The number of rotatable bonds is 5. The highest BCUT2D eigenvalue weighted by molar-refractivity contribution is 14.1. The van der Waals surface area contributed by atoms with Gasteiger partial charge in [0.15, 0.2) is 28.8 Å². The molecule has 0 radical (unpaired) electrons. The molecular formula is C23H20FIO3S. The summed E-state index contributed by atoms with van der Waals surface area (Å²) in [6.07, 6.45) is 0. The smallest absolute Gasteiger partial charge is 0.192 e. The van der Waals surface area contributed by atoms with Gasteiger partial charge >= 0.3 is 0 Å². The maximum atomic E-state index is 13.4. The molecule has 0 spiro atoms. The third kappa shape index (κ3) is 4.82. The van der Waals surface area contributed by atoms with Crippen LogP contribution in [-0.4, -0.2) is 7.11 Å². The normalized spacial score (nSPS) is 10.2. The van der Waals surface area contributed by atoms with Gasteiger partial charge in [-0.3, -0.25) is 0 Å². The maximum Gasteiger partial charge on any atom is 0.192 e. The Labute approximate surface area is 187 Å². The van der Waals surface area contributed by atoms with E-state index >= 15 is 0 Å². The summed E-state index contributed by atoms with van der Waals surface area (Å²) >= 11 is 3.43. The molecule has 0 amide bonds. The Hall–Kier alpha value is -2.32. The summed E-state index contributed by atoms with van der Waals surface area (Å²) in [6.45, 7) is 4.00. The van der Waals surface area contributed by atoms with Crippen LogP contribution in [0.5, 0.6) is 23.0 Å². The van der Waals surface area contributed by atoms with Crippen LogP contribution in [0.2, 0.25) is 0 Å². The fourth-order valence-corrected chi connectivity index (χ4v) is 4.21. The van der Waals surface area contributed by atoms with Crippen LogP contribution in [0.4, 0.5) is 4.39 Å². The lowest BCUT2D eigenvalue weighted by molar-refractivity contribution is 0.415. The van der Waals surface area contributed by atoms with E-state index in [-0.39, 0.29) is 5.82 Å². The van der Waals surface area contributed by atoms with E-state index in [2.05, 4.69) is 0 Å². The van der Waals surface area contributed by atoms with Gasteiger partial charge in [0, 0.05) is 10.1 Å². The largest absolute Gasteiger partial charge is 0.497 e. The minimum Gasteiger partial charge on any atom is -0.497 e. The van der Waals surface area contributed by atoms with E-state index in [0.29, 0.717) is 5.75 Å². The molecule has 0 aliphatic heterocycles. The molecule has 4 aromatic rings. The summed E-state index contributed by atoms with van der Waals surface area (Å²) in [6, 6.07) is 19.7. The van der Waals surface area contributed by atoms with Gasteiger partial charge in [0.1, 0.15) is 23.1 Å². The first kappa shape index (κ1) is 21.4. The Balaban J connectivity index is 0.00000117. The second kappa shape index (κ2) is 9.93. The molecule has 3 aromatic carbocycles. The van der Waals surface area contributed by atoms with Crippen LogP contribution in [0.15, 0.2) is 66.7 Å². The van der Waals surface area contributed by atoms with Gasteiger partial charge in [-0.15, -0.1) is 11.3 Å². The molecule has 3 nitrogen and oxygen atoms in total. The minimum absolute atomic E-state index is 0.265. The molecule has 150 valence electrons. The lowest BCUT2D eigenvalue weighted by Crippen LogP contribution is -1.86. The Bertz CT molecular complexity index is 1080. The monoisotopic (exact) mass is 522 g/mol. The number of ether oxygens (including phenoxy) is 2. The minimum atomic E-state index is -0.265. The third-order valence-electron chi connectivity index (χ3n) is 4.09. The van der Waals surface area contributed by atoms with Crippen molar-refractivity contribution >= 4 is 44.4 Å². The SMILES string of the molecule is CC.COc1ccc2c(Oc3ccc(OI)cc3)c(-c3ccc(F)cc3)sc2c1. The molecule has 6 heteroatoms. The van der Waals surface area contributed by atoms with E-state index < -0.39 is 0 Å².